The smallest absolute Gasteiger partial charge is 0.166 e. The van der Waals surface area contributed by atoms with Crippen molar-refractivity contribution in [1.29, 1.82) is 0 Å². The minimum absolute atomic E-state index is 0.186. The van der Waals surface area contributed by atoms with Gasteiger partial charge in [0.2, 0.25) is 0 Å². The highest BCUT2D eigenvalue weighted by atomic mass is 79.9. The average molecular weight is 316 g/mol. The molecule has 88 valence electrons. The van der Waals surface area contributed by atoms with Crippen molar-refractivity contribution in [2.24, 2.45) is 0 Å². The molecule has 0 spiro atoms. The van der Waals surface area contributed by atoms with Crippen LogP contribution >= 0.6 is 27.5 Å². The number of benzene rings is 2. The molecule has 0 heterocycles. The van der Waals surface area contributed by atoms with Crippen LogP contribution < -0.4 is 4.74 Å². The fourth-order valence-corrected chi connectivity index (χ4v) is 1.94. The third-order valence-corrected chi connectivity index (χ3v) is 3.01. The van der Waals surface area contributed by atoms with Gasteiger partial charge in [-0.3, -0.25) is 0 Å². The van der Waals surface area contributed by atoms with Crippen LogP contribution in [0.2, 0.25) is 0 Å². The van der Waals surface area contributed by atoms with Gasteiger partial charge in [-0.25, -0.2) is 4.39 Å². The molecule has 0 unspecified atom stereocenters. The first kappa shape index (κ1) is 12.4. The van der Waals surface area contributed by atoms with E-state index in [-0.39, 0.29) is 5.75 Å². The second kappa shape index (κ2) is 5.52. The van der Waals surface area contributed by atoms with Crippen molar-refractivity contribution in [3.8, 4) is 11.5 Å². The number of ether oxygens (including phenoxy) is 1. The molecule has 2 rings (SSSR count). The monoisotopic (exact) mass is 314 g/mol. The first-order valence-corrected chi connectivity index (χ1v) is 6.30. The third kappa shape index (κ3) is 2.99. The van der Waals surface area contributed by atoms with Crippen LogP contribution in [0.15, 0.2) is 46.9 Å². The van der Waals surface area contributed by atoms with Crippen molar-refractivity contribution in [2.45, 2.75) is 5.88 Å². The van der Waals surface area contributed by atoms with Crippen LogP contribution in [-0.2, 0) is 5.88 Å². The standard InChI is InChI=1S/C13H9BrClFO/c14-10-5-6-13(11(16)7-10)17-12-4-2-1-3-9(12)8-15/h1-7H,8H2. The Kier molecular flexibility index (Phi) is 4.02. The van der Waals surface area contributed by atoms with Crippen molar-refractivity contribution >= 4 is 27.5 Å². The van der Waals surface area contributed by atoms with Crippen LogP contribution in [0.25, 0.3) is 0 Å². The van der Waals surface area contributed by atoms with Crippen LogP contribution in [0.1, 0.15) is 5.56 Å². The molecule has 17 heavy (non-hydrogen) atoms. The molecule has 0 amide bonds. The van der Waals surface area contributed by atoms with Crippen LogP contribution in [0.4, 0.5) is 4.39 Å². The van der Waals surface area contributed by atoms with Crippen molar-refractivity contribution in [3.63, 3.8) is 0 Å². The van der Waals surface area contributed by atoms with Crippen LogP contribution in [0, 0.1) is 5.82 Å². The maximum Gasteiger partial charge on any atom is 0.166 e. The SMILES string of the molecule is Fc1cc(Br)ccc1Oc1ccccc1CCl. The van der Waals surface area contributed by atoms with Gasteiger partial charge in [0.05, 0.1) is 5.88 Å². The molecule has 0 fully saturated rings. The maximum atomic E-state index is 13.6. The van der Waals surface area contributed by atoms with Gasteiger partial charge in [-0.1, -0.05) is 34.1 Å². The normalized spacial score (nSPS) is 10.3. The van der Waals surface area contributed by atoms with Crippen molar-refractivity contribution in [3.05, 3.63) is 58.3 Å². The van der Waals surface area contributed by atoms with E-state index < -0.39 is 5.82 Å². The van der Waals surface area contributed by atoms with E-state index in [0.29, 0.717) is 16.1 Å². The lowest BCUT2D eigenvalue weighted by molar-refractivity contribution is 0.439. The fourth-order valence-electron chi connectivity index (χ4n) is 1.39. The number of hydrogen-bond acceptors (Lipinski definition) is 1. The summed E-state index contributed by atoms with van der Waals surface area (Å²) < 4.78 is 19.8. The lowest BCUT2D eigenvalue weighted by Gasteiger charge is -2.10. The van der Waals surface area contributed by atoms with E-state index in [9.17, 15) is 4.39 Å². The topological polar surface area (TPSA) is 9.23 Å². The average Bonchev–Trinajstić information content (AvgIpc) is 2.33. The van der Waals surface area contributed by atoms with Crippen molar-refractivity contribution in [1.82, 2.24) is 0 Å². The second-order valence-corrected chi connectivity index (χ2v) is 4.60. The number of alkyl halides is 1. The summed E-state index contributed by atoms with van der Waals surface area (Å²) >= 11 is 8.98. The predicted octanol–water partition coefficient (Wildman–Crippen LogP) is 5.12. The van der Waals surface area contributed by atoms with E-state index >= 15 is 0 Å². The molecule has 0 saturated carbocycles. The Morgan fingerprint density at radius 2 is 1.88 bits per heavy atom. The summed E-state index contributed by atoms with van der Waals surface area (Å²) in [5.74, 6) is 0.673. The Hall–Kier alpha value is -1.06. The van der Waals surface area contributed by atoms with Gasteiger partial charge in [0, 0.05) is 10.0 Å². The maximum absolute atomic E-state index is 13.6. The molecule has 0 saturated heterocycles. The predicted molar refractivity (Wildman–Crippen MR) is 70.2 cm³/mol. The number of hydrogen-bond donors (Lipinski definition) is 0. The highest BCUT2D eigenvalue weighted by Gasteiger charge is 2.07. The summed E-state index contributed by atoms with van der Waals surface area (Å²) in [7, 11) is 0. The van der Waals surface area contributed by atoms with E-state index in [4.69, 9.17) is 16.3 Å². The van der Waals surface area contributed by atoms with Gasteiger partial charge >= 0.3 is 0 Å². The van der Waals surface area contributed by atoms with Crippen molar-refractivity contribution < 1.29 is 9.13 Å². The van der Waals surface area contributed by atoms with Gasteiger partial charge in [-0.2, -0.15) is 0 Å². The van der Waals surface area contributed by atoms with E-state index in [2.05, 4.69) is 15.9 Å². The zero-order valence-electron chi connectivity index (χ0n) is 8.79. The lowest BCUT2D eigenvalue weighted by Crippen LogP contribution is -1.91. The highest BCUT2D eigenvalue weighted by molar-refractivity contribution is 9.10. The quantitative estimate of drug-likeness (QED) is 0.714. The Morgan fingerprint density at radius 1 is 1.12 bits per heavy atom. The zero-order chi connectivity index (χ0) is 12.3. The number of halogens is 3. The summed E-state index contributed by atoms with van der Waals surface area (Å²) in [6, 6.07) is 12.0. The molecule has 0 atom stereocenters. The Labute approximate surface area is 112 Å². The Morgan fingerprint density at radius 3 is 2.59 bits per heavy atom. The van der Waals surface area contributed by atoms with Gasteiger partial charge in [0.1, 0.15) is 5.75 Å². The van der Waals surface area contributed by atoms with Gasteiger partial charge in [-0.05, 0) is 24.3 Å². The summed E-state index contributed by atoms with van der Waals surface area (Å²) in [6.45, 7) is 0. The minimum Gasteiger partial charge on any atom is -0.454 e. The molecule has 4 heteroatoms. The van der Waals surface area contributed by atoms with Crippen LogP contribution in [-0.4, -0.2) is 0 Å². The fraction of sp³-hybridized carbons (Fsp3) is 0.0769. The second-order valence-electron chi connectivity index (χ2n) is 3.42. The summed E-state index contributed by atoms with van der Waals surface area (Å²) in [5.41, 5.74) is 0.830. The first-order valence-electron chi connectivity index (χ1n) is 4.97. The van der Waals surface area contributed by atoms with Crippen molar-refractivity contribution in [2.75, 3.05) is 0 Å². The van der Waals surface area contributed by atoms with E-state index in [1.807, 2.05) is 18.2 Å². The van der Waals surface area contributed by atoms with Gasteiger partial charge in [0.15, 0.2) is 11.6 Å². The van der Waals surface area contributed by atoms with Gasteiger partial charge < -0.3 is 4.74 Å². The van der Waals surface area contributed by atoms with Gasteiger partial charge in [0.25, 0.3) is 0 Å². The molecular weight excluding hydrogens is 306 g/mol. The highest BCUT2D eigenvalue weighted by Crippen LogP contribution is 2.29. The lowest BCUT2D eigenvalue weighted by atomic mass is 10.2. The molecule has 2 aromatic rings. The van der Waals surface area contributed by atoms with E-state index in [1.165, 1.54) is 6.07 Å². The molecule has 0 N–H and O–H groups in total. The zero-order valence-corrected chi connectivity index (χ0v) is 11.1. The van der Waals surface area contributed by atoms with E-state index in [1.54, 1.807) is 18.2 Å². The molecule has 0 aromatic heterocycles. The molecule has 0 aliphatic carbocycles. The van der Waals surface area contributed by atoms with Crippen LogP contribution in [0.3, 0.4) is 0 Å². The van der Waals surface area contributed by atoms with Crippen LogP contribution in [0.5, 0.6) is 11.5 Å². The van der Waals surface area contributed by atoms with Gasteiger partial charge in [-0.15, -0.1) is 11.6 Å². The molecule has 2 aromatic carbocycles. The minimum atomic E-state index is -0.413. The number of para-hydroxylation sites is 1. The molecule has 1 nitrogen and oxygen atoms in total. The van der Waals surface area contributed by atoms with E-state index in [0.717, 1.165) is 5.56 Å². The summed E-state index contributed by atoms with van der Waals surface area (Å²) in [5, 5.41) is 0. The summed E-state index contributed by atoms with van der Waals surface area (Å²) in [6.07, 6.45) is 0. The Balaban J connectivity index is 2.31. The molecule has 0 aliphatic rings. The molecular formula is C13H9BrClFO. The third-order valence-electron chi connectivity index (χ3n) is 2.23. The molecule has 0 bridgehead atoms. The largest absolute Gasteiger partial charge is 0.454 e. The first-order chi connectivity index (χ1) is 8.20. The molecule has 0 aliphatic heterocycles. The molecule has 0 radical (unpaired) electrons. The number of rotatable bonds is 3. The Bertz CT molecular complexity index is 531. The summed E-state index contributed by atoms with van der Waals surface area (Å²) in [4.78, 5) is 0.